The predicted molar refractivity (Wildman–Crippen MR) is 88.9 cm³/mol. The van der Waals surface area contributed by atoms with Gasteiger partial charge in [0, 0.05) is 18.5 Å². The highest BCUT2D eigenvalue weighted by molar-refractivity contribution is 5.85. The highest BCUT2D eigenvalue weighted by Crippen LogP contribution is 2.32. The van der Waals surface area contributed by atoms with Crippen molar-refractivity contribution in [2.24, 2.45) is 11.7 Å². The quantitative estimate of drug-likeness (QED) is 0.909. The molecule has 0 spiro atoms. The lowest BCUT2D eigenvalue weighted by atomic mass is 9.99. The zero-order valence-corrected chi connectivity index (χ0v) is 13.8. The molecule has 4 unspecified atom stereocenters. The Bertz CT molecular complexity index is 497. The minimum atomic E-state index is 0. The molecule has 22 heavy (non-hydrogen) atoms. The van der Waals surface area contributed by atoms with E-state index >= 15 is 0 Å². The molecule has 5 heteroatoms. The van der Waals surface area contributed by atoms with Crippen LogP contribution in [0.2, 0.25) is 0 Å². The van der Waals surface area contributed by atoms with Gasteiger partial charge in [-0.1, -0.05) is 30.3 Å². The third-order valence-corrected chi connectivity index (χ3v) is 4.66. The summed E-state index contributed by atoms with van der Waals surface area (Å²) in [6.45, 7) is 3.28. The third kappa shape index (κ3) is 3.62. The average Bonchev–Trinajstić information content (AvgIpc) is 2.94. The molecule has 1 heterocycles. The summed E-state index contributed by atoms with van der Waals surface area (Å²) in [6.07, 6.45) is 2.81. The van der Waals surface area contributed by atoms with Gasteiger partial charge in [0.1, 0.15) is 0 Å². The van der Waals surface area contributed by atoms with Gasteiger partial charge in [0.25, 0.3) is 0 Å². The first-order valence-corrected chi connectivity index (χ1v) is 7.87. The molecule has 0 bridgehead atoms. The van der Waals surface area contributed by atoms with Crippen LogP contribution in [0.4, 0.5) is 0 Å². The maximum absolute atomic E-state index is 12.9. The largest absolute Gasteiger partial charge is 0.374 e. The lowest BCUT2D eigenvalue weighted by molar-refractivity contribution is -0.148. The molecular formula is C17H25ClN2O2. The lowest BCUT2D eigenvalue weighted by Crippen LogP contribution is -2.48. The van der Waals surface area contributed by atoms with Crippen LogP contribution in [0.15, 0.2) is 30.3 Å². The van der Waals surface area contributed by atoms with Gasteiger partial charge >= 0.3 is 0 Å². The highest BCUT2D eigenvalue weighted by atomic mass is 35.5. The Morgan fingerprint density at radius 1 is 1.27 bits per heavy atom. The van der Waals surface area contributed by atoms with Gasteiger partial charge in [0.05, 0.1) is 18.8 Å². The number of ether oxygens (including phenoxy) is 1. The van der Waals surface area contributed by atoms with Crippen LogP contribution in [-0.2, 0) is 9.53 Å². The molecule has 0 aromatic heterocycles. The Morgan fingerprint density at radius 2 is 2.00 bits per heavy atom. The van der Waals surface area contributed by atoms with Crippen molar-refractivity contribution in [1.82, 2.24) is 4.90 Å². The zero-order chi connectivity index (χ0) is 14.8. The molecule has 1 aromatic rings. The Morgan fingerprint density at radius 3 is 2.64 bits per heavy atom. The van der Waals surface area contributed by atoms with Crippen molar-refractivity contribution in [2.45, 2.75) is 44.4 Å². The standard InChI is InChI=1S/C17H24N2O2.ClH/c1-12-10-19(17(20)14-7-8-15(18)9-14)16(11-21-12)13-5-3-2-4-6-13;/h2-6,12,14-16H,7-11,18H2,1H3;1H. The number of morpholine rings is 1. The van der Waals surface area contributed by atoms with E-state index in [0.29, 0.717) is 13.2 Å². The van der Waals surface area contributed by atoms with Crippen LogP contribution in [0.25, 0.3) is 0 Å². The van der Waals surface area contributed by atoms with Crippen molar-refractivity contribution in [3.63, 3.8) is 0 Å². The maximum Gasteiger partial charge on any atom is 0.226 e. The van der Waals surface area contributed by atoms with Crippen LogP contribution >= 0.6 is 12.4 Å². The fraction of sp³-hybridized carbons (Fsp3) is 0.588. The predicted octanol–water partition coefficient (Wildman–Crippen LogP) is 2.52. The number of rotatable bonds is 2. The van der Waals surface area contributed by atoms with Crippen molar-refractivity contribution >= 4 is 18.3 Å². The summed E-state index contributed by atoms with van der Waals surface area (Å²) in [5, 5.41) is 0. The van der Waals surface area contributed by atoms with Crippen LogP contribution < -0.4 is 5.73 Å². The van der Waals surface area contributed by atoms with Crippen molar-refractivity contribution in [1.29, 1.82) is 0 Å². The van der Waals surface area contributed by atoms with Gasteiger partial charge in [-0.15, -0.1) is 12.4 Å². The van der Waals surface area contributed by atoms with Crippen molar-refractivity contribution in [3.8, 4) is 0 Å². The van der Waals surface area contributed by atoms with E-state index < -0.39 is 0 Å². The summed E-state index contributed by atoms with van der Waals surface area (Å²) in [5.41, 5.74) is 7.12. The second kappa shape index (κ2) is 7.44. The van der Waals surface area contributed by atoms with Crippen molar-refractivity contribution in [3.05, 3.63) is 35.9 Å². The minimum Gasteiger partial charge on any atom is -0.374 e. The van der Waals surface area contributed by atoms with Gasteiger partial charge in [0.2, 0.25) is 5.91 Å². The fourth-order valence-electron chi connectivity index (χ4n) is 3.47. The molecule has 2 aliphatic rings. The van der Waals surface area contributed by atoms with Crippen molar-refractivity contribution < 1.29 is 9.53 Å². The minimum absolute atomic E-state index is 0. The molecule has 4 atom stereocenters. The normalized spacial score (nSPS) is 31.6. The molecule has 1 aliphatic carbocycles. The van der Waals surface area contributed by atoms with E-state index in [-0.39, 0.29) is 42.4 Å². The highest BCUT2D eigenvalue weighted by Gasteiger charge is 2.37. The lowest BCUT2D eigenvalue weighted by Gasteiger charge is -2.40. The van der Waals surface area contributed by atoms with Gasteiger partial charge in [-0.3, -0.25) is 4.79 Å². The summed E-state index contributed by atoms with van der Waals surface area (Å²) in [5.74, 6) is 0.350. The number of halogens is 1. The fourth-order valence-corrected chi connectivity index (χ4v) is 3.47. The number of hydrogen-bond donors (Lipinski definition) is 1. The smallest absolute Gasteiger partial charge is 0.226 e. The molecule has 4 nitrogen and oxygen atoms in total. The number of hydrogen-bond acceptors (Lipinski definition) is 3. The van der Waals surface area contributed by atoms with E-state index in [9.17, 15) is 4.79 Å². The van der Waals surface area contributed by atoms with E-state index in [4.69, 9.17) is 10.5 Å². The van der Waals surface area contributed by atoms with Gasteiger partial charge < -0.3 is 15.4 Å². The third-order valence-electron chi connectivity index (χ3n) is 4.66. The Labute approximate surface area is 138 Å². The summed E-state index contributed by atoms with van der Waals surface area (Å²) in [6, 6.07) is 10.4. The molecule has 1 saturated heterocycles. The van der Waals surface area contributed by atoms with Crippen LogP contribution in [0.5, 0.6) is 0 Å². The number of benzene rings is 1. The number of nitrogens with zero attached hydrogens (tertiary/aromatic N) is 1. The number of nitrogens with two attached hydrogens (primary N) is 1. The first kappa shape index (κ1) is 17.3. The SMILES string of the molecule is CC1CN(C(=O)C2CCC(N)C2)C(c2ccccc2)CO1.Cl. The average molecular weight is 325 g/mol. The second-order valence-electron chi connectivity index (χ2n) is 6.33. The summed E-state index contributed by atoms with van der Waals surface area (Å²) >= 11 is 0. The number of carbonyl (C=O) groups is 1. The zero-order valence-electron chi connectivity index (χ0n) is 13.0. The molecule has 0 radical (unpaired) electrons. The molecule has 2 fully saturated rings. The van der Waals surface area contributed by atoms with E-state index in [1.165, 1.54) is 0 Å². The molecule has 1 amide bonds. The van der Waals surface area contributed by atoms with E-state index in [1.54, 1.807) is 0 Å². The topological polar surface area (TPSA) is 55.6 Å². The second-order valence-corrected chi connectivity index (χ2v) is 6.33. The van der Waals surface area contributed by atoms with Crippen LogP contribution in [-0.4, -0.2) is 36.1 Å². The Hall–Kier alpha value is -1.10. The maximum atomic E-state index is 12.9. The van der Waals surface area contributed by atoms with Crippen LogP contribution in [0.1, 0.15) is 37.8 Å². The molecule has 3 rings (SSSR count). The first-order valence-electron chi connectivity index (χ1n) is 7.87. The molecule has 2 N–H and O–H groups in total. The Kier molecular flexibility index (Phi) is 5.84. The molecule has 1 aromatic carbocycles. The van der Waals surface area contributed by atoms with Gasteiger partial charge in [0.15, 0.2) is 0 Å². The van der Waals surface area contributed by atoms with E-state index in [1.807, 2.05) is 30.0 Å². The van der Waals surface area contributed by atoms with Gasteiger partial charge in [-0.05, 0) is 31.7 Å². The summed E-state index contributed by atoms with van der Waals surface area (Å²) in [4.78, 5) is 14.9. The molecule has 122 valence electrons. The van der Waals surface area contributed by atoms with Crippen LogP contribution in [0.3, 0.4) is 0 Å². The number of amides is 1. The summed E-state index contributed by atoms with van der Waals surface area (Å²) < 4.78 is 5.79. The van der Waals surface area contributed by atoms with Gasteiger partial charge in [-0.2, -0.15) is 0 Å². The van der Waals surface area contributed by atoms with Crippen LogP contribution in [0, 0.1) is 5.92 Å². The molecule has 1 saturated carbocycles. The number of carbonyl (C=O) groups excluding carboxylic acids is 1. The first-order chi connectivity index (χ1) is 10.1. The van der Waals surface area contributed by atoms with Gasteiger partial charge in [-0.25, -0.2) is 0 Å². The molecular weight excluding hydrogens is 300 g/mol. The molecule has 1 aliphatic heterocycles. The summed E-state index contributed by atoms with van der Waals surface area (Å²) in [7, 11) is 0. The van der Waals surface area contributed by atoms with Crippen molar-refractivity contribution in [2.75, 3.05) is 13.2 Å². The van der Waals surface area contributed by atoms with E-state index in [2.05, 4.69) is 12.1 Å². The van der Waals surface area contributed by atoms with E-state index in [0.717, 1.165) is 24.8 Å². The monoisotopic (exact) mass is 324 g/mol. The Balaban J connectivity index is 0.00000176.